The lowest BCUT2D eigenvalue weighted by Gasteiger charge is -2.33. The molecular formula is C31H42O3. The van der Waals surface area contributed by atoms with Crippen LogP contribution in [0.4, 0.5) is 0 Å². The lowest BCUT2D eigenvalue weighted by atomic mass is 9.71. The Labute approximate surface area is 206 Å². The first-order valence-electron chi connectivity index (χ1n) is 13.5. The second kappa shape index (κ2) is 12.4. The van der Waals surface area contributed by atoms with Crippen LogP contribution in [-0.2, 0) is 4.79 Å². The summed E-state index contributed by atoms with van der Waals surface area (Å²) in [6.45, 7) is 0. The van der Waals surface area contributed by atoms with Crippen molar-refractivity contribution < 1.29 is 14.3 Å². The fourth-order valence-corrected chi connectivity index (χ4v) is 6.50. The minimum Gasteiger partial charge on any atom is -0.497 e. The second-order valence-corrected chi connectivity index (χ2v) is 10.5. The molecule has 184 valence electrons. The topological polar surface area (TPSA) is 35.5 Å². The molecule has 3 nitrogen and oxygen atoms in total. The molecule has 0 radical (unpaired) electrons. The maximum Gasteiger partial charge on any atom is 0.134 e. The number of rotatable bonds is 10. The molecular weight excluding hydrogens is 420 g/mol. The fraction of sp³-hybridized carbons (Fsp3) is 0.581. The number of hydrogen-bond acceptors (Lipinski definition) is 3. The number of Topliss-reactive ketones (excluding diaryl/α,β-unsaturated/α-hetero) is 1. The molecule has 2 atom stereocenters. The van der Waals surface area contributed by atoms with E-state index >= 15 is 0 Å². The van der Waals surface area contributed by atoms with Crippen molar-refractivity contribution in [3.05, 3.63) is 59.7 Å². The number of carbonyl (C=O) groups is 1. The molecule has 0 aliphatic heterocycles. The van der Waals surface area contributed by atoms with Crippen LogP contribution in [0.5, 0.6) is 11.5 Å². The quantitative estimate of drug-likeness (QED) is 0.358. The van der Waals surface area contributed by atoms with Gasteiger partial charge in [0.15, 0.2) is 0 Å². The zero-order chi connectivity index (χ0) is 23.8. The number of ether oxygens (including phenoxy) is 2. The van der Waals surface area contributed by atoms with Crippen LogP contribution < -0.4 is 9.47 Å². The van der Waals surface area contributed by atoms with Crippen molar-refractivity contribution in [1.29, 1.82) is 0 Å². The minimum atomic E-state index is 0.292. The van der Waals surface area contributed by atoms with Gasteiger partial charge >= 0.3 is 0 Å². The van der Waals surface area contributed by atoms with Crippen LogP contribution in [0.1, 0.15) is 100 Å². The zero-order valence-corrected chi connectivity index (χ0v) is 21.1. The van der Waals surface area contributed by atoms with Crippen LogP contribution >= 0.6 is 0 Å². The molecule has 2 unspecified atom stereocenters. The summed E-state index contributed by atoms with van der Waals surface area (Å²) in [5.41, 5.74) is 2.55. The van der Waals surface area contributed by atoms with Gasteiger partial charge in [0.25, 0.3) is 0 Å². The van der Waals surface area contributed by atoms with Gasteiger partial charge in [0.2, 0.25) is 0 Å². The summed E-state index contributed by atoms with van der Waals surface area (Å²) in [6, 6.07) is 16.9. The van der Waals surface area contributed by atoms with Gasteiger partial charge in [-0.1, -0.05) is 62.8 Å². The number of benzene rings is 2. The normalized spacial score (nSPS) is 19.4. The smallest absolute Gasteiger partial charge is 0.134 e. The fourth-order valence-electron chi connectivity index (χ4n) is 6.50. The average molecular weight is 463 g/mol. The van der Waals surface area contributed by atoms with E-state index in [0.717, 1.165) is 11.5 Å². The maximum absolute atomic E-state index is 13.7. The zero-order valence-electron chi connectivity index (χ0n) is 21.1. The number of ketones is 1. The van der Waals surface area contributed by atoms with Crippen molar-refractivity contribution in [3.8, 4) is 11.5 Å². The van der Waals surface area contributed by atoms with E-state index in [-0.39, 0.29) is 0 Å². The molecule has 0 heterocycles. The first-order valence-corrected chi connectivity index (χ1v) is 13.5. The van der Waals surface area contributed by atoms with Crippen molar-refractivity contribution in [2.45, 2.75) is 88.9 Å². The summed E-state index contributed by atoms with van der Waals surface area (Å²) < 4.78 is 11.0. The van der Waals surface area contributed by atoms with E-state index in [0.29, 0.717) is 42.3 Å². The van der Waals surface area contributed by atoms with E-state index in [1.54, 1.807) is 14.2 Å². The van der Waals surface area contributed by atoms with Crippen LogP contribution in [0.2, 0.25) is 0 Å². The summed E-state index contributed by atoms with van der Waals surface area (Å²) in [7, 11) is 3.45. The number of hydrogen-bond donors (Lipinski definition) is 0. The minimum absolute atomic E-state index is 0.292. The molecule has 2 aromatic carbocycles. The SMILES string of the molecule is COc1cccc(C(CC(=O)CC(c2cccc(OC)c2)C2CCCCC2)C2CCCCC2)c1. The molecule has 0 N–H and O–H groups in total. The van der Waals surface area contributed by atoms with Crippen LogP contribution in [0, 0.1) is 11.8 Å². The Kier molecular flexibility index (Phi) is 9.07. The Morgan fingerprint density at radius 1 is 0.706 bits per heavy atom. The standard InChI is InChI=1S/C31H42O3/c1-33-28-17-9-15-25(19-28)30(23-11-5-3-6-12-23)21-27(32)22-31(24-13-7-4-8-14-24)26-16-10-18-29(20-26)34-2/h9-10,15-20,23-24,30-31H,3-8,11-14,21-22H2,1-2H3. The van der Waals surface area contributed by atoms with E-state index in [9.17, 15) is 4.79 Å². The Morgan fingerprint density at radius 3 is 1.50 bits per heavy atom. The van der Waals surface area contributed by atoms with Crippen LogP contribution in [0.15, 0.2) is 48.5 Å². The van der Waals surface area contributed by atoms with Crippen molar-refractivity contribution in [2.75, 3.05) is 14.2 Å². The molecule has 34 heavy (non-hydrogen) atoms. The molecule has 0 aromatic heterocycles. The molecule has 3 heteroatoms. The summed E-state index contributed by atoms with van der Waals surface area (Å²) in [4.78, 5) is 13.7. The Morgan fingerprint density at radius 2 is 1.12 bits per heavy atom. The van der Waals surface area contributed by atoms with E-state index in [1.165, 1.54) is 75.3 Å². The second-order valence-electron chi connectivity index (χ2n) is 10.5. The van der Waals surface area contributed by atoms with E-state index in [4.69, 9.17) is 9.47 Å². The Hall–Kier alpha value is -2.29. The molecule has 2 saturated carbocycles. The maximum atomic E-state index is 13.7. The number of carbonyl (C=O) groups excluding carboxylic acids is 1. The summed E-state index contributed by atoms with van der Waals surface area (Å²) in [6.07, 6.45) is 14.0. The highest BCUT2D eigenvalue weighted by molar-refractivity contribution is 5.80. The highest BCUT2D eigenvalue weighted by Crippen LogP contribution is 2.42. The third kappa shape index (κ3) is 6.43. The predicted molar refractivity (Wildman–Crippen MR) is 139 cm³/mol. The highest BCUT2D eigenvalue weighted by Gasteiger charge is 2.31. The molecule has 2 aliphatic rings. The molecule has 4 rings (SSSR count). The van der Waals surface area contributed by atoms with Crippen molar-refractivity contribution >= 4 is 5.78 Å². The average Bonchev–Trinajstić information content (AvgIpc) is 2.91. The molecule has 0 spiro atoms. The van der Waals surface area contributed by atoms with Gasteiger partial charge in [0.05, 0.1) is 14.2 Å². The lowest BCUT2D eigenvalue weighted by Crippen LogP contribution is -2.23. The lowest BCUT2D eigenvalue weighted by molar-refractivity contribution is -0.120. The summed E-state index contributed by atoms with van der Waals surface area (Å²) >= 11 is 0. The third-order valence-electron chi connectivity index (χ3n) is 8.38. The van der Waals surface area contributed by atoms with Crippen molar-refractivity contribution in [2.24, 2.45) is 11.8 Å². The van der Waals surface area contributed by atoms with Crippen LogP contribution in [0.25, 0.3) is 0 Å². The van der Waals surface area contributed by atoms with Gasteiger partial charge in [0, 0.05) is 12.8 Å². The Bertz CT molecular complexity index is 835. The molecule has 2 aliphatic carbocycles. The van der Waals surface area contributed by atoms with Gasteiger partial charge in [-0.3, -0.25) is 4.79 Å². The predicted octanol–water partition coefficient (Wildman–Crippen LogP) is 8.08. The van der Waals surface area contributed by atoms with Gasteiger partial charge in [0.1, 0.15) is 17.3 Å². The summed E-state index contributed by atoms with van der Waals surface area (Å²) in [5, 5.41) is 0. The molecule has 0 saturated heterocycles. The summed E-state index contributed by atoms with van der Waals surface area (Å²) in [5.74, 6) is 3.96. The molecule has 2 fully saturated rings. The van der Waals surface area contributed by atoms with Gasteiger partial charge in [-0.2, -0.15) is 0 Å². The monoisotopic (exact) mass is 462 g/mol. The van der Waals surface area contributed by atoms with Gasteiger partial charge < -0.3 is 9.47 Å². The van der Waals surface area contributed by atoms with Crippen LogP contribution in [-0.4, -0.2) is 20.0 Å². The molecule has 0 amide bonds. The first kappa shape index (κ1) is 24.8. The highest BCUT2D eigenvalue weighted by atomic mass is 16.5. The van der Waals surface area contributed by atoms with E-state index in [1.807, 2.05) is 12.1 Å². The first-order chi connectivity index (χ1) is 16.7. The van der Waals surface area contributed by atoms with E-state index in [2.05, 4.69) is 36.4 Å². The van der Waals surface area contributed by atoms with Crippen molar-refractivity contribution in [3.63, 3.8) is 0 Å². The number of methoxy groups -OCH3 is 2. The van der Waals surface area contributed by atoms with Gasteiger partial charge in [-0.05, 0) is 84.7 Å². The molecule has 2 aromatic rings. The Balaban J connectivity index is 1.55. The third-order valence-corrected chi connectivity index (χ3v) is 8.38. The van der Waals surface area contributed by atoms with Crippen molar-refractivity contribution in [1.82, 2.24) is 0 Å². The largest absolute Gasteiger partial charge is 0.497 e. The molecule has 0 bridgehead atoms. The van der Waals surface area contributed by atoms with Gasteiger partial charge in [-0.15, -0.1) is 0 Å². The van der Waals surface area contributed by atoms with E-state index < -0.39 is 0 Å². The van der Waals surface area contributed by atoms with Crippen LogP contribution in [0.3, 0.4) is 0 Å². The van der Waals surface area contributed by atoms with Gasteiger partial charge in [-0.25, -0.2) is 0 Å².